The van der Waals surface area contributed by atoms with E-state index in [2.05, 4.69) is 64.6 Å². The van der Waals surface area contributed by atoms with Gasteiger partial charge >= 0.3 is 5.97 Å². The predicted octanol–water partition coefficient (Wildman–Crippen LogP) is 3.90. The molecule has 0 saturated carbocycles. The van der Waals surface area contributed by atoms with Crippen molar-refractivity contribution >= 4 is 65.1 Å². The van der Waals surface area contributed by atoms with E-state index in [0.717, 1.165) is 58.6 Å². The number of anilines is 2. The van der Waals surface area contributed by atoms with Crippen LogP contribution in [0.4, 0.5) is 11.4 Å². The number of esters is 1. The Kier molecular flexibility index (Phi) is 12.8. The lowest BCUT2D eigenvalue weighted by atomic mass is 9.78. The zero-order valence-electron chi connectivity index (χ0n) is 35.3. The van der Waals surface area contributed by atoms with Gasteiger partial charge in [0.15, 0.2) is 5.60 Å². The summed E-state index contributed by atoms with van der Waals surface area (Å²) in [6.07, 6.45) is 4.25. The van der Waals surface area contributed by atoms with Crippen LogP contribution < -0.4 is 25.5 Å². The van der Waals surface area contributed by atoms with Crippen molar-refractivity contribution in [2.24, 2.45) is 11.8 Å². The van der Waals surface area contributed by atoms with Gasteiger partial charge in [-0.1, -0.05) is 38.1 Å². The first-order valence-corrected chi connectivity index (χ1v) is 24.4. The summed E-state index contributed by atoms with van der Waals surface area (Å²) in [7, 11) is 4.67. The highest BCUT2D eigenvalue weighted by Gasteiger charge is 2.56. The molecule has 4 aliphatic rings. The first kappa shape index (κ1) is 42.7. The maximum absolute atomic E-state index is 13.9. The fourth-order valence-electron chi connectivity index (χ4n) is 8.93. The van der Waals surface area contributed by atoms with Crippen molar-refractivity contribution < 1.29 is 33.4 Å². The summed E-state index contributed by atoms with van der Waals surface area (Å²) in [5.74, 6) is 0.132. The second-order valence-electron chi connectivity index (χ2n) is 17.2. The van der Waals surface area contributed by atoms with E-state index in [-0.39, 0.29) is 29.6 Å². The third-order valence-electron chi connectivity index (χ3n) is 12.4. The van der Waals surface area contributed by atoms with Crippen LogP contribution in [-0.2, 0) is 29.4 Å². The van der Waals surface area contributed by atoms with Crippen LogP contribution in [0.25, 0.3) is 0 Å². The van der Waals surface area contributed by atoms with Crippen molar-refractivity contribution in [3.63, 3.8) is 0 Å². The number of rotatable bonds is 17. The van der Waals surface area contributed by atoms with E-state index >= 15 is 0 Å². The second-order valence-corrected chi connectivity index (χ2v) is 21.9. The van der Waals surface area contributed by atoms with Crippen LogP contribution in [-0.4, -0.2) is 135 Å². The van der Waals surface area contributed by atoms with E-state index in [1.165, 1.54) is 0 Å². The Labute approximate surface area is 354 Å². The number of hydrogen-bond donors (Lipinski definition) is 1. The number of hydrogen-bond acceptors (Lipinski definition) is 9. The first-order valence-electron chi connectivity index (χ1n) is 20.9. The standard InChI is InChI=1S/C45H58ClN5O7Si/c1-48(2)42(53)31-26-50(27-31)33-12-15-36-39(24-33)59(5,6)40-25-34(51-28-32(29-51)43(54)49(3)4)13-16-37(40)45(36)38-23-30(11-14-35(38)44(55)58-45)41(52)47-18-20-57-22-21-56-19-10-8-7-9-17-46/h11-16,23-25,31-32H,7-10,17-22,26-29H2,1-6H3,(H,47,52). The zero-order chi connectivity index (χ0) is 42.1. The van der Waals surface area contributed by atoms with Gasteiger partial charge in [0.1, 0.15) is 8.07 Å². The molecular weight excluding hydrogens is 786 g/mol. The lowest BCUT2D eigenvalue weighted by Crippen LogP contribution is -2.64. The SMILES string of the molecule is CN(C)C(=O)C1CN(c2ccc3c(c2)[Si](C)(C)c2cc(N4CC(C(=O)N(C)C)C4)ccc2C32OC(=O)c3ccc(C(=O)NCCOCCOCCCCCCCl)cc32)C1. The number of unbranched alkanes of at least 4 members (excludes halogenated alkanes) is 3. The number of ether oxygens (including phenoxy) is 3. The first-order chi connectivity index (χ1) is 28.3. The van der Waals surface area contributed by atoms with Crippen molar-refractivity contribution in [2.75, 3.05) is 103 Å². The molecule has 0 radical (unpaired) electrons. The molecule has 3 amide bonds. The Balaban J connectivity index is 1.15. The van der Waals surface area contributed by atoms with Gasteiger partial charge in [0, 0.05) is 107 Å². The van der Waals surface area contributed by atoms with Gasteiger partial charge in [0.25, 0.3) is 5.91 Å². The predicted molar refractivity (Wildman–Crippen MR) is 233 cm³/mol. The minimum absolute atomic E-state index is 0.0556. The maximum atomic E-state index is 13.9. The summed E-state index contributed by atoms with van der Waals surface area (Å²) < 4.78 is 18.0. The van der Waals surface area contributed by atoms with Gasteiger partial charge in [0.2, 0.25) is 11.8 Å². The molecule has 1 N–H and O–H groups in total. The molecular formula is C45H58ClN5O7Si. The Morgan fingerprint density at radius 3 is 1.83 bits per heavy atom. The molecule has 0 unspecified atom stereocenters. The zero-order valence-corrected chi connectivity index (χ0v) is 37.0. The summed E-state index contributed by atoms with van der Waals surface area (Å²) >= 11 is 5.74. The molecule has 2 fully saturated rings. The molecule has 0 bridgehead atoms. The van der Waals surface area contributed by atoms with Crippen molar-refractivity contribution in [2.45, 2.75) is 44.4 Å². The van der Waals surface area contributed by atoms with E-state index < -0.39 is 19.6 Å². The van der Waals surface area contributed by atoms with Gasteiger partial charge < -0.3 is 39.1 Å². The van der Waals surface area contributed by atoms with E-state index in [1.807, 2.05) is 6.07 Å². The molecule has 316 valence electrons. The quantitative estimate of drug-likeness (QED) is 0.0935. The van der Waals surface area contributed by atoms with Gasteiger partial charge in [-0.25, -0.2) is 4.79 Å². The van der Waals surface area contributed by atoms with E-state index in [1.54, 1.807) is 50.1 Å². The summed E-state index contributed by atoms with van der Waals surface area (Å²) in [5, 5.41) is 5.24. The van der Waals surface area contributed by atoms with Crippen molar-refractivity contribution in [3.05, 3.63) is 82.4 Å². The molecule has 1 spiro atoms. The fraction of sp³-hybridized carbons (Fsp3) is 0.511. The molecule has 0 aliphatic carbocycles. The van der Waals surface area contributed by atoms with Gasteiger partial charge in [0.05, 0.1) is 37.2 Å². The fourth-order valence-corrected chi connectivity index (χ4v) is 12.3. The van der Waals surface area contributed by atoms with Crippen LogP contribution in [0.15, 0.2) is 54.6 Å². The monoisotopic (exact) mass is 843 g/mol. The number of amides is 3. The molecule has 14 heteroatoms. The number of carbonyl (C=O) groups excluding carboxylic acids is 4. The highest BCUT2D eigenvalue weighted by atomic mass is 35.5. The molecule has 3 aromatic carbocycles. The number of nitrogens with zero attached hydrogens (tertiary/aromatic N) is 4. The highest BCUT2D eigenvalue weighted by Crippen LogP contribution is 2.50. The molecule has 7 rings (SSSR count). The Bertz CT molecular complexity index is 1990. The van der Waals surface area contributed by atoms with E-state index in [4.69, 9.17) is 25.8 Å². The number of halogens is 1. The van der Waals surface area contributed by atoms with Crippen LogP contribution >= 0.6 is 11.6 Å². The Morgan fingerprint density at radius 2 is 1.29 bits per heavy atom. The third kappa shape index (κ3) is 8.23. The second kappa shape index (κ2) is 17.7. The molecule has 4 aliphatic heterocycles. The number of benzene rings is 3. The number of nitrogens with one attached hydrogen (secondary N) is 1. The lowest BCUT2D eigenvalue weighted by Gasteiger charge is -2.47. The van der Waals surface area contributed by atoms with Crippen molar-refractivity contribution in [1.29, 1.82) is 0 Å². The summed E-state index contributed by atoms with van der Waals surface area (Å²) in [6.45, 7) is 9.50. The number of fused-ring (bicyclic) bond motifs is 6. The smallest absolute Gasteiger partial charge is 0.340 e. The molecule has 2 saturated heterocycles. The minimum atomic E-state index is -2.49. The normalized spacial score (nSPS) is 17.4. The van der Waals surface area contributed by atoms with Crippen LogP contribution in [0.5, 0.6) is 0 Å². The van der Waals surface area contributed by atoms with E-state index in [0.29, 0.717) is 81.7 Å². The topological polar surface area (TPSA) is 121 Å². The van der Waals surface area contributed by atoms with Gasteiger partial charge in [-0.2, -0.15) is 0 Å². The Morgan fingerprint density at radius 1 is 0.746 bits per heavy atom. The van der Waals surface area contributed by atoms with Gasteiger partial charge in [-0.15, -0.1) is 11.6 Å². The van der Waals surface area contributed by atoms with E-state index in [9.17, 15) is 19.2 Å². The van der Waals surface area contributed by atoms with Crippen molar-refractivity contribution in [1.82, 2.24) is 15.1 Å². The summed E-state index contributed by atoms with van der Waals surface area (Å²) in [6, 6.07) is 18.0. The minimum Gasteiger partial charge on any atom is -0.441 e. The molecule has 0 atom stereocenters. The summed E-state index contributed by atoms with van der Waals surface area (Å²) in [4.78, 5) is 60.8. The lowest BCUT2D eigenvalue weighted by molar-refractivity contribution is -0.134. The van der Waals surface area contributed by atoms with Gasteiger partial charge in [-0.05, 0) is 65.7 Å². The summed E-state index contributed by atoms with van der Waals surface area (Å²) in [5.41, 5.74) is 4.06. The van der Waals surface area contributed by atoms with Crippen LogP contribution in [0.3, 0.4) is 0 Å². The van der Waals surface area contributed by atoms with Crippen LogP contribution in [0.2, 0.25) is 13.1 Å². The van der Waals surface area contributed by atoms with Crippen molar-refractivity contribution in [3.8, 4) is 0 Å². The third-order valence-corrected chi connectivity index (χ3v) is 16.2. The largest absolute Gasteiger partial charge is 0.441 e. The van der Waals surface area contributed by atoms with Gasteiger partial charge in [-0.3, -0.25) is 14.4 Å². The molecule has 59 heavy (non-hydrogen) atoms. The average Bonchev–Trinajstić information content (AvgIpc) is 3.47. The average molecular weight is 845 g/mol. The number of carbonyl (C=O) groups is 4. The highest BCUT2D eigenvalue weighted by molar-refractivity contribution is 7.01. The van der Waals surface area contributed by atoms with Crippen LogP contribution in [0, 0.1) is 11.8 Å². The Hall–Kier alpha value is -4.43. The van der Waals surface area contributed by atoms with Crippen LogP contribution in [0.1, 0.15) is 63.1 Å². The number of alkyl halides is 1. The maximum Gasteiger partial charge on any atom is 0.340 e. The molecule has 4 heterocycles. The molecule has 3 aromatic rings. The molecule has 12 nitrogen and oxygen atoms in total. The molecule has 0 aromatic heterocycles.